The zero-order chi connectivity index (χ0) is 17.5. The van der Waals surface area contributed by atoms with Crippen LogP contribution in [0.2, 0.25) is 0 Å². The Morgan fingerprint density at radius 1 is 1.29 bits per heavy atom. The van der Waals surface area contributed by atoms with Crippen LogP contribution in [0.25, 0.3) is 0 Å². The summed E-state index contributed by atoms with van der Waals surface area (Å²) in [7, 11) is 0. The van der Waals surface area contributed by atoms with Crippen LogP contribution in [0.15, 0.2) is 9.92 Å². The highest BCUT2D eigenvalue weighted by Crippen LogP contribution is 2.34. The number of esters is 1. The highest BCUT2D eigenvalue weighted by Gasteiger charge is 2.21. The fourth-order valence-corrected chi connectivity index (χ4v) is 4.15. The minimum absolute atomic E-state index is 0.00281. The van der Waals surface area contributed by atoms with Crippen LogP contribution < -0.4 is 5.73 Å². The van der Waals surface area contributed by atoms with E-state index in [0.717, 1.165) is 37.4 Å². The second kappa shape index (κ2) is 8.81. The number of hydrogen-bond donors (Lipinski definition) is 1. The van der Waals surface area contributed by atoms with Crippen molar-refractivity contribution in [3.63, 3.8) is 0 Å². The predicted octanol–water partition coefficient (Wildman–Crippen LogP) is 3.10. The molecule has 1 aromatic rings. The lowest BCUT2D eigenvalue weighted by Crippen LogP contribution is -2.22. The van der Waals surface area contributed by atoms with E-state index in [4.69, 9.17) is 15.7 Å². The van der Waals surface area contributed by atoms with E-state index in [0.29, 0.717) is 9.92 Å². The third kappa shape index (κ3) is 4.34. The summed E-state index contributed by atoms with van der Waals surface area (Å²) in [5, 5.41) is 18.9. The molecule has 0 radical (unpaired) electrons. The molecule has 1 fully saturated rings. The fraction of sp³-hybridized carbons (Fsp3) is 0.500. The number of nitrogens with two attached hydrogens (primary N) is 1. The molecule has 1 aliphatic rings. The molecule has 2 rings (SSSR count). The Morgan fingerprint density at radius 2 is 1.96 bits per heavy atom. The molecular weight excluding hydrogens is 344 g/mol. The molecule has 8 heteroatoms. The van der Waals surface area contributed by atoms with Crippen LogP contribution in [0.1, 0.15) is 43.2 Å². The molecule has 0 saturated heterocycles. The van der Waals surface area contributed by atoms with Gasteiger partial charge in [-0.3, -0.25) is 4.79 Å². The van der Waals surface area contributed by atoms with Crippen molar-refractivity contribution < 1.29 is 9.53 Å². The van der Waals surface area contributed by atoms with Crippen molar-refractivity contribution >= 4 is 35.3 Å². The molecule has 6 nitrogen and oxygen atoms in total. The second-order valence-corrected chi connectivity index (χ2v) is 7.13. The number of nitrogens with zero attached hydrogens (tertiary/aromatic N) is 3. The summed E-state index contributed by atoms with van der Waals surface area (Å²) in [5.41, 5.74) is 6.29. The number of thioether (sulfide) groups is 2. The van der Waals surface area contributed by atoms with E-state index in [1.807, 2.05) is 6.07 Å². The number of ether oxygens (including phenoxy) is 1. The van der Waals surface area contributed by atoms with Gasteiger partial charge in [-0.05, 0) is 31.9 Å². The lowest BCUT2D eigenvalue weighted by Gasteiger charge is -2.21. The minimum atomic E-state index is -0.314. The van der Waals surface area contributed by atoms with Gasteiger partial charge in [0.05, 0.1) is 11.3 Å². The summed E-state index contributed by atoms with van der Waals surface area (Å²) in [5.74, 6) is -0.174. The first-order valence-electron chi connectivity index (χ1n) is 7.60. The van der Waals surface area contributed by atoms with Crippen molar-refractivity contribution in [1.82, 2.24) is 4.98 Å². The third-order valence-corrected chi connectivity index (χ3v) is 5.52. The summed E-state index contributed by atoms with van der Waals surface area (Å²) >= 11 is 2.39. The Kier molecular flexibility index (Phi) is 6.77. The number of pyridine rings is 1. The number of anilines is 1. The molecule has 0 atom stereocenters. The third-order valence-electron chi connectivity index (χ3n) is 3.75. The number of carbonyl (C=O) groups excluding carboxylic acids is 1. The highest BCUT2D eigenvalue weighted by molar-refractivity contribution is 8.00. The van der Waals surface area contributed by atoms with Gasteiger partial charge in [-0.15, -0.1) is 11.8 Å². The molecular formula is C16H18N4O2S2. The van der Waals surface area contributed by atoms with Gasteiger partial charge < -0.3 is 10.5 Å². The van der Waals surface area contributed by atoms with Crippen LogP contribution in [0.4, 0.5) is 5.82 Å². The van der Waals surface area contributed by atoms with Gasteiger partial charge in [0.25, 0.3) is 0 Å². The second-order valence-electron chi connectivity index (χ2n) is 5.35. The summed E-state index contributed by atoms with van der Waals surface area (Å²) in [4.78, 5) is 16.6. The van der Waals surface area contributed by atoms with Crippen LogP contribution in [0.5, 0.6) is 0 Å². The van der Waals surface area contributed by atoms with Crippen molar-refractivity contribution in [2.45, 2.75) is 48.1 Å². The fourth-order valence-electron chi connectivity index (χ4n) is 2.61. The Balaban J connectivity index is 2.09. The van der Waals surface area contributed by atoms with Gasteiger partial charge in [0, 0.05) is 4.90 Å². The molecule has 0 bridgehead atoms. The van der Waals surface area contributed by atoms with Crippen LogP contribution >= 0.6 is 23.5 Å². The van der Waals surface area contributed by atoms with Gasteiger partial charge in [-0.1, -0.05) is 18.2 Å². The lowest BCUT2D eigenvalue weighted by molar-refractivity contribution is -0.147. The first-order valence-corrected chi connectivity index (χ1v) is 9.81. The summed E-state index contributed by atoms with van der Waals surface area (Å²) in [6, 6.07) is 4.03. The minimum Gasteiger partial charge on any atom is -0.462 e. The molecule has 0 aromatic carbocycles. The molecule has 1 aliphatic carbocycles. The highest BCUT2D eigenvalue weighted by atomic mass is 32.2. The molecule has 0 unspecified atom stereocenters. The van der Waals surface area contributed by atoms with Gasteiger partial charge in [0.1, 0.15) is 34.6 Å². The van der Waals surface area contributed by atoms with Crippen molar-refractivity contribution in [2.24, 2.45) is 0 Å². The van der Waals surface area contributed by atoms with Crippen LogP contribution in [0.3, 0.4) is 0 Å². The summed E-state index contributed by atoms with van der Waals surface area (Å²) in [6.07, 6.45) is 6.98. The number of carbonyl (C=O) groups is 1. The van der Waals surface area contributed by atoms with E-state index in [2.05, 4.69) is 11.1 Å². The summed E-state index contributed by atoms with van der Waals surface area (Å²) in [6.45, 7) is 0. The van der Waals surface area contributed by atoms with E-state index in [1.54, 1.807) is 6.26 Å². The average Bonchev–Trinajstić information content (AvgIpc) is 2.60. The number of hydrogen-bond acceptors (Lipinski definition) is 8. The number of nitrogen functional groups attached to an aromatic ring is 1. The van der Waals surface area contributed by atoms with E-state index in [1.165, 1.54) is 18.2 Å². The molecule has 1 saturated carbocycles. The van der Waals surface area contributed by atoms with E-state index in [-0.39, 0.29) is 34.8 Å². The zero-order valence-corrected chi connectivity index (χ0v) is 15.0. The largest absolute Gasteiger partial charge is 0.462 e. The normalized spacial score (nSPS) is 14.6. The van der Waals surface area contributed by atoms with Crippen molar-refractivity contribution in [3.8, 4) is 12.1 Å². The molecule has 2 N–H and O–H groups in total. The van der Waals surface area contributed by atoms with Crippen molar-refractivity contribution in [3.05, 3.63) is 11.1 Å². The predicted molar refractivity (Wildman–Crippen MR) is 93.5 cm³/mol. The van der Waals surface area contributed by atoms with E-state index < -0.39 is 0 Å². The van der Waals surface area contributed by atoms with Gasteiger partial charge in [-0.2, -0.15) is 10.5 Å². The maximum atomic E-state index is 12.0. The zero-order valence-electron chi connectivity index (χ0n) is 13.4. The molecule has 126 valence electrons. The van der Waals surface area contributed by atoms with Gasteiger partial charge in [0.15, 0.2) is 0 Å². The van der Waals surface area contributed by atoms with Crippen molar-refractivity contribution in [2.75, 3.05) is 17.7 Å². The lowest BCUT2D eigenvalue weighted by atomic mass is 9.98. The number of aromatic nitrogens is 1. The monoisotopic (exact) mass is 362 g/mol. The molecule has 0 aliphatic heterocycles. The summed E-state index contributed by atoms with van der Waals surface area (Å²) < 4.78 is 5.46. The Hall–Kier alpha value is -1.90. The maximum Gasteiger partial charge on any atom is 0.316 e. The number of rotatable bonds is 5. The quantitative estimate of drug-likeness (QED) is 0.628. The van der Waals surface area contributed by atoms with Gasteiger partial charge in [-0.25, -0.2) is 4.98 Å². The van der Waals surface area contributed by atoms with Crippen LogP contribution in [-0.2, 0) is 9.53 Å². The van der Waals surface area contributed by atoms with Crippen LogP contribution in [-0.4, -0.2) is 29.1 Å². The molecule has 0 amide bonds. The average molecular weight is 362 g/mol. The smallest absolute Gasteiger partial charge is 0.316 e. The molecule has 24 heavy (non-hydrogen) atoms. The first-order chi connectivity index (χ1) is 11.6. The Morgan fingerprint density at radius 3 is 2.54 bits per heavy atom. The molecule has 1 heterocycles. The molecule has 1 aromatic heterocycles. The first kappa shape index (κ1) is 18.4. The standard InChI is InChI=1S/C16H18N4O2S2/c1-23-14-11(7-17)15(19)20-16(12(14)8-18)24-9-13(21)22-10-5-3-2-4-6-10/h10H,2-6,9H2,1H3,(H2,19,20). The Bertz CT molecular complexity index is 703. The van der Waals surface area contributed by atoms with E-state index >= 15 is 0 Å². The molecule has 0 spiro atoms. The van der Waals surface area contributed by atoms with Gasteiger partial charge in [0.2, 0.25) is 0 Å². The Labute approximate surface area is 149 Å². The topological polar surface area (TPSA) is 113 Å². The van der Waals surface area contributed by atoms with Crippen molar-refractivity contribution in [1.29, 1.82) is 10.5 Å². The van der Waals surface area contributed by atoms with Gasteiger partial charge >= 0.3 is 5.97 Å². The number of nitriles is 2. The van der Waals surface area contributed by atoms with E-state index in [9.17, 15) is 10.1 Å². The SMILES string of the molecule is CSc1c(C#N)c(N)nc(SCC(=O)OC2CCCCC2)c1C#N. The maximum absolute atomic E-state index is 12.0. The van der Waals surface area contributed by atoms with Crippen LogP contribution in [0, 0.1) is 22.7 Å².